The molecular weight excluding hydrogens is 258 g/mol. The summed E-state index contributed by atoms with van der Waals surface area (Å²) >= 11 is 3.50. The molecule has 2 aromatic rings. The SMILES string of the molecule is Cc1nn(CCn2cncn2)c(C)c1Br. The third-order valence-electron chi connectivity index (χ3n) is 2.30. The highest BCUT2D eigenvalue weighted by molar-refractivity contribution is 9.10. The maximum absolute atomic E-state index is 4.42. The van der Waals surface area contributed by atoms with Crippen LogP contribution in [-0.2, 0) is 13.1 Å². The Bertz CT molecular complexity index is 445. The third kappa shape index (κ3) is 2.09. The van der Waals surface area contributed by atoms with Gasteiger partial charge < -0.3 is 0 Å². The van der Waals surface area contributed by atoms with Gasteiger partial charge in [-0.25, -0.2) is 4.98 Å². The number of nitrogens with zero attached hydrogens (tertiary/aromatic N) is 5. The fraction of sp³-hybridized carbons (Fsp3) is 0.444. The van der Waals surface area contributed by atoms with Gasteiger partial charge in [0.05, 0.1) is 23.3 Å². The van der Waals surface area contributed by atoms with E-state index < -0.39 is 0 Å². The number of halogens is 1. The predicted octanol–water partition coefficient (Wildman–Crippen LogP) is 1.55. The molecule has 0 unspecified atom stereocenters. The van der Waals surface area contributed by atoms with Gasteiger partial charge in [-0.3, -0.25) is 9.36 Å². The Morgan fingerprint density at radius 2 is 2.13 bits per heavy atom. The monoisotopic (exact) mass is 269 g/mol. The van der Waals surface area contributed by atoms with Crippen molar-refractivity contribution in [1.82, 2.24) is 24.5 Å². The van der Waals surface area contributed by atoms with Gasteiger partial charge in [-0.1, -0.05) is 0 Å². The zero-order valence-electron chi connectivity index (χ0n) is 8.68. The molecule has 0 amide bonds. The molecule has 0 aliphatic heterocycles. The van der Waals surface area contributed by atoms with E-state index in [0.29, 0.717) is 0 Å². The predicted molar refractivity (Wildman–Crippen MR) is 59.4 cm³/mol. The first-order chi connectivity index (χ1) is 7.18. The molecule has 5 nitrogen and oxygen atoms in total. The van der Waals surface area contributed by atoms with Crippen molar-refractivity contribution in [3.8, 4) is 0 Å². The number of hydrogen-bond acceptors (Lipinski definition) is 3. The van der Waals surface area contributed by atoms with Crippen LogP contribution in [0.1, 0.15) is 11.4 Å². The fourth-order valence-electron chi connectivity index (χ4n) is 1.44. The molecule has 0 spiro atoms. The van der Waals surface area contributed by atoms with Crippen molar-refractivity contribution < 1.29 is 0 Å². The van der Waals surface area contributed by atoms with Gasteiger partial charge in [0.15, 0.2) is 0 Å². The topological polar surface area (TPSA) is 48.5 Å². The minimum Gasteiger partial charge on any atom is -0.267 e. The van der Waals surface area contributed by atoms with Crippen LogP contribution in [0, 0.1) is 13.8 Å². The summed E-state index contributed by atoms with van der Waals surface area (Å²) < 4.78 is 4.85. The van der Waals surface area contributed by atoms with Crippen LogP contribution in [0.2, 0.25) is 0 Å². The summed E-state index contributed by atoms with van der Waals surface area (Å²) in [6.45, 7) is 5.63. The zero-order chi connectivity index (χ0) is 10.8. The van der Waals surface area contributed by atoms with Crippen LogP contribution < -0.4 is 0 Å². The maximum Gasteiger partial charge on any atom is 0.137 e. The molecule has 2 aromatic heterocycles. The Morgan fingerprint density at radius 1 is 1.33 bits per heavy atom. The molecule has 80 valence electrons. The van der Waals surface area contributed by atoms with Gasteiger partial charge in [0, 0.05) is 5.69 Å². The summed E-state index contributed by atoms with van der Waals surface area (Å²) in [5.74, 6) is 0. The lowest BCUT2D eigenvalue weighted by molar-refractivity contribution is 0.490. The van der Waals surface area contributed by atoms with E-state index in [1.807, 2.05) is 18.5 Å². The van der Waals surface area contributed by atoms with Crippen molar-refractivity contribution in [3.63, 3.8) is 0 Å². The van der Waals surface area contributed by atoms with Crippen LogP contribution in [0.5, 0.6) is 0 Å². The van der Waals surface area contributed by atoms with E-state index in [-0.39, 0.29) is 0 Å². The van der Waals surface area contributed by atoms with Gasteiger partial charge in [-0.05, 0) is 29.8 Å². The second-order valence-electron chi connectivity index (χ2n) is 3.37. The van der Waals surface area contributed by atoms with E-state index in [9.17, 15) is 0 Å². The Morgan fingerprint density at radius 3 is 2.67 bits per heavy atom. The van der Waals surface area contributed by atoms with E-state index in [1.54, 1.807) is 11.0 Å². The van der Waals surface area contributed by atoms with E-state index >= 15 is 0 Å². The molecule has 2 heterocycles. The summed E-state index contributed by atoms with van der Waals surface area (Å²) in [7, 11) is 0. The molecule has 15 heavy (non-hydrogen) atoms. The van der Waals surface area contributed by atoms with Gasteiger partial charge in [0.25, 0.3) is 0 Å². The average Bonchev–Trinajstić information content (AvgIpc) is 2.80. The summed E-state index contributed by atoms with van der Waals surface area (Å²) in [4.78, 5) is 3.89. The maximum atomic E-state index is 4.42. The third-order valence-corrected chi connectivity index (χ3v) is 3.45. The van der Waals surface area contributed by atoms with E-state index in [0.717, 1.165) is 29.0 Å². The Kier molecular flexibility index (Phi) is 2.86. The highest BCUT2D eigenvalue weighted by atomic mass is 79.9. The second-order valence-corrected chi connectivity index (χ2v) is 4.16. The molecule has 0 fully saturated rings. The standard InChI is InChI=1S/C9H12BrN5/c1-7-9(10)8(2)15(13-7)4-3-14-6-11-5-12-14/h5-6H,3-4H2,1-2H3. The lowest BCUT2D eigenvalue weighted by Crippen LogP contribution is -2.10. The normalized spacial score (nSPS) is 10.9. The summed E-state index contributed by atoms with van der Waals surface area (Å²) in [5.41, 5.74) is 2.17. The Hall–Kier alpha value is -1.17. The van der Waals surface area contributed by atoms with Crippen molar-refractivity contribution in [2.75, 3.05) is 0 Å². The van der Waals surface area contributed by atoms with Crippen molar-refractivity contribution in [2.45, 2.75) is 26.9 Å². The van der Waals surface area contributed by atoms with Crippen LogP contribution >= 0.6 is 15.9 Å². The molecule has 0 aliphatic rings. The largest absolute Gasteiger partial charge is 0.267 e. The highest BCUT2D eigenvalue weighted by Gasteiger charge is 2.07. The number of rotatable bonds is 3. The number of hydrogen-bond donors (Lipinski definition) is 0. The fourth-order valence-corrected chi connectivity index (χ4v) is 1.72. The zero-order valence-corrected chi connectivity index (χ0v) is 10.3. The van der Waals surface area contributed by atoms with Crippen LogP contribution in [0.3, 0.4) is 0 Å². The first kappa shape index (κ1) is 10.4. The van der Waals surface area contributed by atoms with Crippen molar-refractivity contribution in [2.24, 2.45) is 0 Å². The van der Waals surface area contributed by atoms with Crippen LogP contribution in [-0.4, -0.2) is 24.5 Å². The van der Waals surface area contributed by atoms with Crippen molar-refractivity contribution in [1.29, 1.82) is 0 Å². The molecule has 0 atom stereocenters. The number of aromatic nitrogens is 5. The lowest BCUT2D eigenvalue weighted by Gasteiger charge is -2.03. The second kappa shape index (κ2) is 4.14. The van der Waals surface area contributed by atoms with Gasteiger partial charge >= 0.3 is 0 Å². The minimum atomic E-state index is 0.786. The molecule has 0 bridgehead atoms. The molecule has 2 rings (SSSR count). The molecule has 0 saturated carbocycles. The van der Waals surface area contributed by atoms with Gasteiger partial charge in [0.2, 0.25) is 0 Å². The Labute approximate surface area is 96.2 Å². The minimum absolute atomic E-state index is 0.786. The number of aryl methyl sites for hydroxylation is 3. The van der Waals surface area contributed by atoms with Gasteiger partial charge in [-0.2, -0.15) is 10.2 Å². The molecule has 6 heteroatoms. The average molecular weight is 270 g/mol. The summed E-state index contributed by atoms with van der Waals surface area (Å²) in [5, 5.41) is 8.46. The van der Waals surface area contributed by atoms with Gasteiger partial charge in [0.1, 0.15) is 12.7 Å². The highest BCUT2D eigenvalue weighted by Crippen LogP contribution is 2.19. The van der Waals surface area contributed by atoms with Crippen LogP contribution in [0.4, 0.5) is 0 Å². The van der Waals surface area contributed by atoms with Crippen LogP contribution in [0.15, 0.2) is 17.1 Å². The quantitative estimate of drug-likeness (QED) is 0.850. The van der Waals surface area contributed by atoms with Crippen LogP contribution in [0.25, 0.3) is 0 Å². The molecule has 0 aliphatic carbocycles. The van der Waals surface area contributed by atoms with E-state index in [4.69, 9.17) is 0 Å². The summed E-state index contributed by atoms with van der Waals surface area (Å²) in [6.07, 6.45) is 3.25. The molecule has 0 saturated heterocycles. The molecular formula is C9H12BrN5. The van der Waals surface area contributed by atoms with Gasteiger partial charge in [-0.15, -0.1) is 0 Å². The summed E-state index contributed by atoms with van der Waals surface area (Å²) in [6, 6.07) is 0. The van der Waals surface area contributed by atoms with Crippen molar-refractivity contribution >= 4 is 15.9 Å². The first-order valence-electron chi connectivity index (χ1n) is 4.70. The van der Waals surface area contributed by atoms with Crippen molar-refractivity contribution in [3.05, 3.63) is 28.5 Å². The molecule has 0 radical (unpaired) electrons. The first-order valence-corrected chi connectivity index (χ1v) is 5.49. The lowest BCUT2D eigenvalue weighted by atomic mass is 10.4. The molecule has 0 N–H and O–H groups in total. The molecule has 0 aromatic carbocycles. The smallest absolute Gasteiger partial charge is 0.137 e. The van der Waals surface area contributed by atoms with E-state index in [1.165, 1.54) is 6.33 Å². The Balaban J connectivity index is 2.08. The van der Waals surface area contributed by atoms with E-state index in [2.05, 4.69) is 31.1 Å².